The lowest BCUT2D eigenvalue weighted by Gasteiger charge is -2.03. The lowest BCUT2D eigenvalue weighted by atomic mass is 10.6. The minimum atomic E-state index is -0.237. The van der Waals surface area contributed by atoms with Crippen LogP contribution >= 0.6 is 0 Å². The van der Waals surface area contributed by atoms with Crippen LogP contribution in [0.25, 0.3) is 10.4 Å². The third-order valence-corrected chi connectivity index (χ3v) is 1.16. The van der Waals surface area contributed by atoms with Gasteiger partial charge in [-0.3, -0.25) is 0 Å². The molecule has 2 amide bonds. The van der Waals surface area contributed by atoms with E-state index in [1.54, 1.807) is 0 Å². The van der Waals surface area contributed by atoms with Crippen molar-refractivity contribution in [2.75, 3.05) is 33.4 Å². The Balaban J connectivity index is 3.08. The van der Waals surface area contributed by atoms with Crippen LogP contribution in [-0.4, -0.2) is 39.4 Å². The zero-order valence-corrected chi connectivity index (χ0v) is 7.49. The average molecular weight is 187 g/mol. The number of urea groups is 1. The molecule has 0 aromatic rings. The largest absolute Gasteiger partial charge is 0.379 e. The van der Waals surface area contributed by atoms with Crippen molar-refractivity contribution in [2.45, 2.75) is 0 Å². The average Bonchev–Trinajstić information content (AvgIpc) is 2.16. The molecule has 0 aliphatic heterocycles. The van der Waals surface area contributed by atoms with Crippen molar-refractivity contribution in [3.8, 4) is 0 Å². The maximum Gasteiger partial charge on any atom is 0.314 e. The van der Waals surface area contributed by atoms with Crippen LogP contribution in [-0.2, 0) is 4.74 Å². The van der Waals surface area contributed by atoms with Gasteiger partial charge in [0.2, 0.25) is 0 Å². The molecule has 7 heteroatoms. The van der Waals surface area contributed by atoms with Crippen molar-refractivity contribution in [3.05, 3.63) is 10.4 Å². The number of azide groups is 1. The zero-order valence-electron chi connectivity index (χ0n) is 7.49. The van der Waals surface area contributed by atoms with Crippen molar-refractivity contribution in [1.29, 1.82) is 0 Å². The second kappa shape index (κ2) is 8.63. The minimum Gasteiger partial charge on any atom is -0.379 e. The fourth-order valence-corrected chi connectivity index (χ4v) is 0.577. The molecular formula is C6H13N5O2. The monoisotopic (exact) mass is 187 g/mol. The Bertz CT molecular complexity index is 189. The Morgan fingerprint density at radius 1 is 1.62 bits per heavy atom. The molecule has 74 valence electrons. The summed E-state index contributed by atoms with van der Waals surface area (Å²) >= 11 is 0. The van der Waals surface area contributed by atoms with Gasteiger partial charge in [0, 0.05) is 25.0 Å². The van der Waals surface area contributed by atoms with Crippen LogP contribution in [0.1, 0.15) is 0 Å². The van der Waals surface area contributed by atoms with Crippen LogP contribution in [0.5, 0.6) is 0 Å². The fraction of sp³-hybridized carbons (Fsp3) is 0.833. The molecule has 13 heavy (non-hydrogen) atoms. The van der Waals surface area contributed by atoms with Crippen molar-refractivity contribution in [2.24, 2.45) is 5.11 Å². The highest BCUT2D eigenvalue weighted by Gasteiger charge is 1.93. The topological polar surface area (TPSA) is 99.1 Å². The standard InChI is InChI=1S/C6H13N5O2/c1-8-6(12)9-2-4-13-5-3-10-11-7/h2-5H2,1H3,(H2,8,9,12). The van der Waals surface area contributed by atoms with Gasteiger partial charge in [0.05, 0.1) is 13.2 Å². The summed E-state index contributed by atoms with van der Waals surface area (Å²) < 4.78 is 5.02. The molecule has 0 aromatic carbocycles. The van der Waals surface area contributed by atoms with Gasteiger partial charge in [0.1, 0.15) is 0 Å². The summed E-state index contributed by atoms with van der Waals surface area (Å²) in [4.78, 5) is 13.2. The van der Waals surface area contributed by atoms with Crippen molar-refractivity contribution >= 4 is 6.03 Å². The number of amides is 2. The van der Waals surface area contributed by atoms with E-state index in [2.05, 4.69) is 20.7 Å². The molecule has 0 aliphatic carbocycles. The molecule has 0 rings (SSSR count). The van der Waals surface area contributed by atoms with Crippen molar-refractivity contribution in [3.63, 3.8) is 0 Å². The van der Waals surface area contributed by atoms with E-state index in [0.717, 1.165) is 0 Å². The van der Waals surface area contributed by atoms with E-state index in [1.807, 2.05) is 0 Å². The van der Waals surface area contributed by atoms with Crippen LogP contribution < -0.4 is 10.6 Å². The number of carbonyl (C=O) groups is 1. The maximum absolute atomic E-state index is 10.6. The lowest BCUT2D eigenvalue weighted by molar-refractivity contribution is 0.144. The summed E-state index contributed by atoms with van der Waals surface area (Å²) in [6, 6.07) is -0.237. The summed E-state index contributed by atoms with van der Waals surface area (Å²) in [5.41, 5.74) is 7.91. The molecule has 0 bridgehead atoms. The second-order valence-corrected chi connectivity index (χ2v) is 2.07. The first kappa shape index (κ1) is 11.5. The smallest absolute Gasteiger partial charge is 0.314 e. The molecule has 2 N–H and O–H groups in total. The normalized spacial score (nSPS) is 8.69. The number of nitrogens with one attached hydrogen (secondary N) is 2. The molecule has 0 unspecified atom stereocenters. The zero-order chi connectivity index (χ0) is 9.94. The molecule has 7 nitrogen and oxygen atoms in total. The number of hydrogen-bond acceptors (Lipinski definition) is 3. The van der Waals surface area contributed by atoms with Crippen molar-refractivity contribution in [1.82, 2.24) is 10.6 Å². The SMILES string of the molecule is CNC(=O)NCCOCCN=[N+]=[N-]. The summed E-state index contributed by atoms with van der Waals surface area (Å²) in [5.74, 6) is 0. The van der Waals surface area contributed by atoms with Crippen LogP contribution in [0.3, 0.4) is 0 Å². The molecule has 0 radical (unpaired) electrons. The van der Waals surface area contributed by atoms with E-state index in [9.17, 15) is 4.79 Å². The Morgan fingerprint density at radius 2 is 2.38 bits per heavy atom. The predicted octanol–water partition coefficient (Wildman–Crippen LogP) is 0.242. The first-order chi connectivity index (χ1) is 6.31. The Hall–Kier alpha value is -1.46. The highest BCUT2D eigenvalue weighted by atomic mass is 16.5. The first-order valence-corrected chi connectivity index (χ1v) is 3.85. The van der Waals surface area contributed by atoms with E-state index < -0.39 is 0 Å². The molecule has 0 saturated heterocycles. The molecule has 0 saturated carbocycles. The van der Waals surface area contributed by atoms with Gasteiger partial charge in [-0.25, -0.2) is 4.79 Å². The third kappa shape index (κ3) is 8.45. The van der Waals surface area contributed by atoms with E-state index in [0.29, 0.717) is 26.3 Å². The second-order valence-electron chi connectivity index (χ2n) is 2.07. The van der Waals surface area contributed by atoms with E-state index in [4.69, 9.17) is 10.3 Å². The minimum absolute atomic E-state index is 0.237. The van der Waals surface area contributed by atoms with E-state index in [1.165, 1.54) is 7.05 Å². The van der Waals surface area contributed by atoms with Crippen LogP contribution in [0.2, 0.25) is 0 Å². The Kier molecular flexibility index (Phi) is 7.67. The van der Waals surface area contributed by atoms with Gasteiger partial charge >= 0.3 is 6.03 Å². The Labute approximate surface area is 76.1 Å². The molecule has 0 aliphatic rings. The predicted molar refractivity (Wildman–Crippen MR) is 47.3 cm³/mol. The maximum atomic E-state index is 10.6. The summed E-state index contributed by atoms with van der Waals surface area (Å²) in [5, 5.41) is 8.23. The lowest BCUT2D eigenvalue weighted by Crippen LogP contribution is -2.35. The number of carbonyl (C=O) groups excluding carboxylic acids is 1. The number of ether oxygens (including phenoxy) is 1. The third-order valence-electron chi connectivity index (χ3n) is 1.16. The van der Waals surface area contributed by atoms with Crippen molar-refractivity contribution < 1.29 is 9.53 Å². The molecule has 0 atom stereocenters. The molecule has 0 fully saturated rings. The van der Waals surface area contributed by atoms with Gasteiger partial charge in [-0.05, 0) is 5.53 Å². The van der Waals surface area contributed by atoms with Gasteiger partial charge in [-0.2, -0.15) is 0 Å². The van der Waals surface area contributed by atoms with Gasteiger partial charge in [-0.1, -0.05) is 5.11 Å². The van der Waals surface area contributed by atoms with Gasteiger partial charge in [0.25, 0.3) is 0 Å². The van der Waals surface area contributed by atoms with E-state index >= 15 is 0 Å². The highest BCUT2D eigenvalue weighted by Crippen LogP contribution is 1.76. The molecule has 0 aromatic heterocycles. The molecular weight excluding hydrogens is 174 g/mol. The summed E-state index contributed by atoms with van der Waals surface area (Å²) in [7, 11) is 1.54. The van der Waals surface area contributed by atoms with Crippen LogP contribution in [0.4, 0.5) is 4.79 Å². The van der Waals surface area contributed by atoms with E-state index in [-0.39, 0.29) is 6.03 Å². The number of nitrogens with zero attached hydrogens (tertiary/aromatic N) is 3. The van der Waals surface area contributed by atoms with Crippen LogP contribution in [0, 0.1) is 0 Å². The quantitative estimate of drug-likeness (QED) is 0.269. The fourth-order valence-electron chi connectivity index (χ4n) is 0.577. The number of hydrogen-bond donors (Lipinski definition) is 2. The summed E-state index contributed by atoms with van der Waals surface area (Å²) in [6.07, 6.45) is 0. The summed E-state index contributed by atoms with van der Waals surface area (Å²) in [6.45, 7) is 1.54. The van der Waals surface area contributed by atoms with Gasteiger partial charge in [-0.15, -0.1) is 0 Å². The van der Waals surface area contributed by atoms with Gasteiger partial charge in [0.15, 0.2) is 0 Å². The number of rotatable bonds is 6. The Morgan fingerprint density at radius 3 is 3.00 bits per heavy atom. The molecule has 0 heterocycles. The van der Waals surface area contributed by atoms with Crippen LogP contribution in [0.15, 0.2) is 5.11 Å². The molecule has 0 spiro atoms. The van der Waals surface area contributed by atoms with Gasteiger partial charge < -0.3 is 15.4 Å². The first-order valence-electron chi connectivity index (χ1n) is 3.85. The highest BCUT2D eigenvalue weighted by molar-refractivity contribution is 5.73.